The molecule has 3 atom stereocenters. The van der Waals surface area contributed by atoms with Crippen molar-refractivity contribution in [2.45, 2.75) is 205 Å². The fourth-order valence-electron chi connectivity index (χ4n) is 3.79. The van der Waals surface area contributed by atoms with Crippen LogP contribution in [0.25, 0.3) is 0 Å². The van der Waals surface area contributed by atoms with Gasteiger partial charge in [0.1, 0.15) is 6.61 Å². The summed E-state index contributed by atoms with van der Waals surface area (Å²) in [4.78, 5) is 47.3. The molecule has 0 aromatic carbocycles. The van der Waals surface area contributed by atoms with Crippen LogP contribution in [0.5, 0.6) is 0 Å². The molecule has 0 rings (SSSR count). The number of carbonyl (C=O) groups is 3. The summed E-state index contributed by atoms with van der Waals surface area (Å²) in [6.45, 7) is -6.04. The number of nitrogens with two attached hydrogens (primary N) is 1. The number of carbonyl (C=O) groups excluding carboxylic acids is 3. The molecule has 0 amide bonds. The summed E-state index contributed by atoms with van der Waals surface area (Å²) in [6.07, 6.45) is -56.8. The number of unbranched alkanes of at least 4 members (excludes halogenated alkanes) is 11. The molecular weight excluding hydrogens is 708 g/mol. The van der Waals surface area contributed by atoms with Crippen molar-refractivity contribution in [3.63, 3.8) is 0 Å². The standard InChI is InChI=1S/C40H76NO10P.Na/c1-3-5-7-9-11-13-15-17-18-20-22-24-26-28-30-32-39(43)51-36(34-49-52(46,47)50-35-37(41)40(44)45)33-48-38(42)31-29-27-25-23-21-19-16-14-12-10-8-6-4-2;/h17-18,36-37H,3-16,19-35,41H2,1-2H3,(H,44,45)(H,46,47);/q;+1/p-1/b18-17-;/t36-,37+;/m1./s1/i2D3,4D2,6D2,8D2,10D2,12D2,14D2,16D2,19D2,21D2,23D2,25D2,27D2,29D2,31D2;. The Labute approximate surface area is 388 Å². The molecule has 0 aliphatic heterocycles. The molecule has 53 heavy (non-hydrogen) atoms. The molecule has 0 saturated heterocycles. The van der Waals surface area contributed by atoms with Gasteiger partial charge < -0.3 is 30.0 Å². The molecule has 1 unspecified atom stereocenters. The molecule has 0 aliphatic rings. The van der Waals surface area contributed by atoms with Crippen molar-refractivity contribution in [3.8, 4) is 0 Å². The third kappa shape index (κ3) is 39.3. The number of aliphatic carboxylic acids is 1. The zero-order chi connectivity index (χ0) is 66.2. The summed E-state index contributed by atoms with van der Waals surface area (Å²) >= 11 is 0. The van der Waals surface area contributed by atoms with Gasteiger partial charge in [-0.05, 0) is 38.5 Å². The summed E-state index contributed by atoms with van der Waals surface area (Å²) in [5.41, 5.74) is 5.18. The monoisotopic (exact) mass is 815 g/mol. The van der Waals surface area contributed by atoms with E-state index in [1.165, 1.54) is 19.3 Å². The van der Waals surface area contributed by atoms with Gasteiger partial charge >= 0.3 is 49.3 Å². The van der Waals surface area contributed by atoms with Crippen LogP contribution in [0.2, 0.25) is 0 Å². The molecule has 13 heteroatoms. The van der Waals surface area contributed by atoms with Crippen LogP contribution < -0.4 is 40.4 Å². The topological polar surface area (TPSA) is 175 Å². The van der Waals surface area contributed by atoms with E-state index >= 15 is 0 Å². The fraction of sp³-hybridized carbons (Fsp3) is 0.875. The van der Waals surface area contributed by atoms with Gasteiger partial charge in [0.05, 0.1) is 25.2 Å². The first-order chi connectivity index (χ1) is 36.8. The SMILES string of the molecule is [2H]C([2H])([2H])C([2H])([2H])C([2H])([2H])C([2H])([2H])C([2H])([2H])C([2H])([2H])C([2H])([2H])C([2H])([2H])C([2H])([2H])C([2H])([2H])C([2H])([2H])C([2H])([2H])C([2H])([2H])C([2H])([2H])C([2H])([2H])C(=O)OC[C@H](COP(=O)(O)OC[C@H](N)C(=O)[O-])OC(=O)CCCCCCC/C=C\CCCCCCCC.[Na+]. The van der Waals surface area contributed by atoms with Crippen molar-refractivity contribution in [2.24, 2.45) is 5.73 Å². The molecule has 0 aromatic heterocycles. The zero-order valence-electron chi connectivity index (χ0n) is 61.5. The maximum absolute atomic E-state index is 13.4. The number of rotatable bonds is 39. The number of hydrogen-bond acceptors (Lipinski definition) is 10. The van der Waals surface area contributed by atoms with E-state index in [9.17, 15) is 28.9 Å². The molecule has 0 aromatic rings. The molecule has 3 N–H and O–H groups in total. The van der Waals surface area contributed by atoms with Crippen LogP contribution in [-0.2, 0) is 37.5 Å². The average molecular weight is 815 g/mol. The summed E-state index contributed by atoms with van der Waals surface area (Å²) in [6, 6.07) is -1.98. The van der Waals surface area contributed by atoms with Crippen LogP contribution in [0.1, 0.15) is 235 Å². The summed E-state index contributed by atoms with van der Waals surface area (Å²) in [5.74, 6) is -5.61. The van der Waals surface area contributed by atoms with Crippen molar-refractivity contribution in [2.75, 3.05) is 19.8 Å². The minimum Gasteiger partial charge on any atom is -0.548 e. The Morgan fingerprint density at radius 1 is 0.736 bits per heavy atom. The van der Waals surface area contributed by atoms with Gasteiger partial charge in [-0.25, -0.2) is 4.57 Å². The van der Waals surface area contributed by atoms with Crippen LogP contribution >= 0.6 is 7.82 Å². The van der Waals surface area contributed by atoms with E-state index < -0.39 is 154 Å². The van der Waals surface area contributed by atoms with Crippen LogP contribution in [0.4, 0.5) is 0 Å². The molecule has 0 aliphatic carbocycles. The number of phosphoric acid groups is 1. The number of hydrogen-bond donors (Lipinski definition) is 2. The first-order valence-electron chi connectivity index (χ1n) is 32.4. The predicted molar refractivity (Wildman–Crippen MR) is 205 cm³/mol. The van der Waals surface area contributed by atoms with Crippen molar-refractivity contribution >= 4 is 25.7 Å². The molecule has 0 radical (unpaired) electrons. The molecule has 0 saturated carbocycles. The van der Waals surface area contributed by atoms with E-state index in [-0.39, 0.29) is 42.4 Å². The Hall–Kier alpha value is -0.780. The van der Waals surface area contributed by atoms with Gasteiger partial charge in [0.15, 0.2) is 6.10 Å². The van der Waals surface area contributed by atoms with Crippen molar-refractivity contribution in [1.82, 2.24) is 0 Å². The Balaban J connectivity index is 0. The van der Waals surface area contributed by atoms with E-state index in [0.29, 0.717) is 12.8 Å². The van der Waals surface area contributed by atoms with Gasteiger partial charge in [0.2, 0.25) is 0 Å². The second-order valence-electron chi connectivity index (χ2n) is 10.8. The molecule has 0 bridgehead atoms. The third-order valence-corrected chi connectivity index (χ3v) is 7.35. The number of carboxylic acids is 1. The van der Waals surface area contributed by atoms with Crippen molar-refractivity contribution in [3.05, 3.63) is 12.2 Å². The second kappa shape index (κ2) is 39.5. The second-order valence-corrected chi connectivity index (χ2v) is 12.2. The molecule has 11 nitrogen and oxygen atoms in total. The van der Waals surface area contributed by atoms with Gasteiger partial charge in [0, 0.05) is 55.3 Å². The van der Waals surface area contributed by atoms with Crippen molar-refractivity contribution < 1.29 is 120 Å². The average Bonchev–Trinajstić information content (AvgIpc) is 2.47. The molecule has 0 fully saturated rings. The van der Waals surface area contributed by atoms with Crippen molar-refractivity contribution in [1.29, 1.82) is 0 Å². The number of carboxylic acid groups (broad SMARTS) is 1. The summed E-state index contributed by atoms with van der Waals surface area (Å²) in [7, 11) is -5.35. The number of phosphoric ester groups is 1. The number of esters is 2. The first-order valence-corrected chi connectivity index (χ1v) is 18.4. The van der Waals surface area contributed by atoms with Crippen LogP contribution in [-0.4, -0.2) is 54.8 Å². The quantitative estimate of drug-likeness (QED) is 0.0239. The smallest absolute Gasteiger partial charge is 0.548 e. The summed E-state index contributed by atoms with van der Waals surface area (Å²) in [5, 5.41) is 10.9. The van der Waals surface area contributed by atoms with E-state index in [1.807, 2.05) is 0 Å². The van der Waals surface area contributed by atoms with Gasteiger partial charge in [-0.1, -0.05) is 154 Å². The van der Waals surface area contributed by atoms with E-state index in [0.717, 1.165) is 44.9 Å². The molecule has 0 spiro atoms. The number of allylic oxidation sites excluding steroid dienone is 2. The Kier molecular flexibility index (Phi) is 15.5. The number of ether oxygens (including phenoxy) is 2. The Morgan fingerprint density at radius 2 is 1.23 bits per heavy atom. The van der Waals surface area contributed by atoms with Crippen LogP contribution in [0, 0.1) is 0 Å². The Bertz CT molecular complexity index is 2220. The minimum atomic E-state index is -5.35. The maximum atomic E-state index is 13.4. The first kappa shape index (κ1) is 20.8. The van der Waals surface area contributed by atoms with Gasteiger partial charge in [-0.15, -0.1) is 0 Å². The maximum Gasteiger partial charge on any atom is 1.00 e. The minimum absolute atomic E-state index is 0. The fourth-order valence-corrected chi connectivity index (χ4v) is 4.57. The van der Waals surface area contributed by atoms with Crippen LogP contribution in [0.15, 0.2) is 12.2 Å². The van der Waals surface area contributed by atoms with E-state index in [4.69, 9.17) is 57.7 Å². The molecule has 0 heterocycles. The van der Waals surface area contributed by atoms with Crippen LogP contribution in [0.3, 0.4) is 0 Å². The largest absolute Gasteiger partial charge is 1.00 e. The zero-order valence-corrected chi connectivity index (χ0v) is 33.4. The molecule has 306 valence electrons. The third-order valence-electron chi connectivity index (χ3n) is 6.40. The predicted octanol–water partition coefficient (Wildman–Crippen LogP) is 6.18. The normalized spacial score (nSPS) is 26.4. The van der Waals surface area contributed by atoms with E-state index in [1.54, 1.807) is 0 Å². The van der Waals surface area contributed by atoms with Gasteiger partial charge in [-0.3, -0.25) is 18.6 Å². The summed E-state index contributed by atoms with van der Waals surface area (Å²) < 4.78 is 285. The molecular formula is C40H75NNaO10P. The van der Waals surface area contributed by atoms with Gasteiger partial charge in [0.25, 0.3) is 0 Å². The van der Waals surface area contributed by atoms with Gasteiger partial charge in [-0.2, -0.15) is 0 Å². The Morgan fingerprint density at radius 3 is 1.77 bits per heavy atom. The van der Waals surface area contributed by atoms with E-state index in [2.05, 4.69) is 28.1 Å².